The van der Waals surface area contributed by atoms with Crippen molar-refractivity contribution >= 4 is 40.5 Å². The Morgan fingerprint density at radius 1 is 1.12 bits per heavy atom. The van der Waals surface area contributed by atoms with Crippen molar-refractivity contribution < 1.29 is 9.18 Å². The Hall–Kier alpha value is -2.18. The van der Waals surface area contributed by atoms with Crippen LogP contribution in [0.3, 0.4) is 0 Å². The van der Waals surface area contributed by atoms with Crippen molar-refractivity contribution in [3.63, 3.8) is 0 Å². The lowest BCUT2D eigenvalue weighted by Gasteiger charge is -2.34. The number of carbonyl (C=O) groups excluding carboxylic acids is 1. The van der Waals surface area contributed by atoms with Gasteiger partial charge in [0, 0.05) is 24.7 Å². The molecule has 0 aliphatic carbocycles. The van der Waals surface area contributed by atoms with Crippen LogP contribution in [-0.2, 0) is 0 Å². The molecule has 0 atom stereocenters. The highest BCUT2D eigenvalue weighted by Gasteiger charge is 2.23. The van der Waals surface area contributed by atoms with E-state index in [0.29, 0.717) is 15.7 Å². The first-order valence-electron chi connectivity index (χ1n) is 8.40. The lowest BCUT2D eigenvalue weighted by atomic mass is 10.0. The minimum Gasteiger partial charge on any atom is -0.349 e. The lowest BCUT2D eigenvalue weighted by Crippen LogP contribution is -2.47. The standard InChI is InChI=1S/C19H19ClFN3OS/c20-16-3-1-2-4-17(16)23-19(26)24-11-9-15(10-12-24)22-18(25)13-5-7-14(21)8-6-13/h1-8,15H,9-12H2,(H,22,25)(H,23,26). The predicted octanol–water partition coefficient (Wildman–Crippen LogP) is 4.07. The van der Waals surface area contributed by atoms with Crippen LogP contribution in [0.15, 0.2) is 48.5 Å². The van der Waals surface area contributed by atoms with Crippen molar-refractivity contribution in [1.29, 1.82) is 0 Å². The van der Waals surface area contributed by atoms with Crippen LogP contribution in [0, 0.1) is 5.82 Å². The predicted molar refractivity (Wildman–Crippen MR) is 106 cm³/mol. The summed E-state index contributed by atoms with van der Waals surface area (Å²) < 4.78 is 12.9. The van der Waals surface area contributed by atoms with Gasteiger partial charge in [0.15, 0.2) is 5.11 Å². The van der Waals surface area contributed by atoms with Gasteiger partial charge in [-0.25, -0.2) is 4.39 Å². The molecule has 2 aromatic carbocycles. The maximum Gasteiger partial charge on any atom is 0.251 e. The molecule has 26 heavy (non-hydrogen) atoms. The Balaban J connectivity index is 1.49. The summed E-state index contributed by atoms with van der Waals surface area (Å²) in [6, 6.07) is 13.1. The molecule has 3 rings (SSSR count). The summed E-state index contributed by atoms with van der Waals surface area (Å²) >= 11 is 11.6. The highest BCUT2D eigenvalue weighted by Crippen LogP contribution is 2.21. The zero-order valence-electron chi connectivity index (χ0n) is 14.0. The zero-order valence-corrected chi connectivity index (χ0v) is 15.6. The van der Waals surface area contributed by atoms with Crippen LogP contribution in [0.5, 0.6) is 0 Å². The number of anilines is 1. The van der Waals surface area contributed by atoms with E-state index in [2.05, 4.69) is 15.5 Å². The molecular formula is C19H19ClFN3OS. The van der Waals surface area contributed by atoms with E-state index in [1.54, 1.807) is 0 Å². The Kier molecular flexibility index (Phi) is 6.06. The summed E-state index contributed by atoms with van der Waals surface area (Å²) in [5, 5.41) is 7.42. The Bertz CT molecular complexity index is 792. The fourth-order valence-corrected chi connectivity index (χ4v) is 3.33. The smallest absolute Gasteiger partial charge is 0.251 e. The molecule has 0 unspecified atom stereocenters. The number of halogens is 2. The quantitative estimate of drug-likeness (QED) is 0.774. The van der Waals surface area contributed by atoms with Crippen LogP contribution < -0.4 is 10.6 Å². The number of rotatable bonds is 3. The summed E-state index contributed by atoms with van der Waals surface area (Å²) in [4.78, 5) is 14.3. The van der Waals surface area contributed by atoms with Gasteiger partial charge in [-0.15, -0.1) is 0 Å². The van der Waals surface area contributed by atoms with Gasteiger partial charge in [0.25, 0.3) is 5.91 Å². The molecule has 1 amide bonds. The molecule has 7 heteroatoms. The number of thiocarbonyl (C=S) groups is 1. The minimum atomic E-state index is -0.352. The maximum atomic E-state index is 12.9. The minimum absolute atomic E-state index is 0.0758. The first-order chi connectivity index (χ1) is 12.5. The van der Waals surface area contributed by atoms with Crippen molar-refractivity contribution in [2.45, 2.75) is 18.9 Å². The second-order valence-electron chi connectivity index (χ2n) is 6.15. The third-order valence-electron chi connectivity index (χ3n) is 4.34. The number of para-hydroxylation sites is 1. The van der Waals surface area contributed by atoms with Gasteiger partial charge in [0.05, 0.1) is 10.7 Å². The number of nitrogens with one attached hydrogen (secondary N) is 2. The molecule has 4 nitrogen and oxygen atoms in total. The molecule has 1 fully saturated rings. The molecule has 0 radical (unpaired) electrons. The van der Waals surface area contributed by atoms with E-state index in [0.717, 1.165) is 31.6 Å². The molecule has 2 N–H and O–H groups in total. The average Bonchev–Trinajstić information content (AvgIpc) is 2.64. The third kappa shape index (κ3) is 4.71. The average molecular weight is 392 g/mol. The van der Waals surface area contributed by atoms with Gasteiger partial charge in [0.1, 0.15) is 5.82 Å². The van der Waals surface area contributed by atoms with E-state index in [9.17, 15) is 9.18 Å². The fraction of sp³-hybridized carbons (Fsp3) is 0.263. The van der Waals surface area contributed by atoms with E-state index >= 15 is 0 Å². The molecule has 1 aliphatic rings. The summed E-state index contributed by atoms with van der Waals surface area (Å²) in [6.45, 7) is 1.48. The summed E-state index contributed by atoms with van der Waals surface area (Å²) in [5.74, 6) is -0.533. The number of piperidine rings is 1. The summed E-state index contributed by atoms with van der Waals surface area (Å²) in [6.07, 6.45) is 1.58. The van der Waals surface area contributed by atoms with E-state index in [4.69, 9.17) is 23.8 Å². The third-order valence-corrected chi connectivity index (χ3v) is 5.03. The van der Waals surface area contributed by atoms with Crippen molar-refractivity contribution in [2.24, 2.45) is 0 Å². The summed E-state index contributed by atoms with van der Waals surface area (Å²) in [5.41, 5.74) is 1.25. The van der Waals surface area contributed by atoms with Gasteiger partial charge in [-0.2, -0.15) is 0 Å². The molecule has 1 heterocycles. The second-order valence-corrected chi connectivity index (χ2v) is 6.95. The molecule has 136 valence electrons. The molecule has 1 saturated heterocycles. The zero-order chi connectivity index (χ0) is 18.5. The van der Waals surface area contributed by atoms with Crippen LogP contribution in [0.1, 0.15) is 23.2 Å². The molecule has 2 aromatic rings. The fourth-order valence-electron chi connectivity index (χ4n) is 2.85. The Morgan fingerprint density at radius 3 is 2.42 bits per heavy atom. The monoisotopic (exact) mass is 391 g/mol. The van der Waals surface area contributed by atoms with Gasteiger partial charge in [0.2, 0.25) is 0 Å². The molecule has 0 bridgehead atoms. The first-order valence-corrected chi connectivity index (χ1v) is 9.18. The van der Waals surface area contributed by atoms with Crippen molar-refractivity contribution in [3.8, 4) is 0 Å². The Labute approximate surface area is 162 Å². The lowest BCUT2D eigenvalue weighted by molar-refractivity contribution is 0.0922. The number of hydrogen-bond acceptors (Lipinski definition) is 2. The van der Waals surface area contributed by atoms with E-state index in [-0.39, 0.29) is 17.8 Å². The van der Waals surface area contributed by atoms with Crippen molar-refractivity contribution in [3.05, 3.63) is 64.9 Å². The van der Waals surface area contributed by atoms with Gasteiger partial charge in [-0.1, -0.05) is 23.7 Å². The highest BCUT2D eigenvalue weighted by atomic mass is 35.5. The van der Waals surface area contributed by atoms with Crippen LogP contribution >= 0.6 is 23.8 Å². The molecule has 1 aliphatic heterocycles. The number of nitrogens with zero attached hydrogens (tertiary/aromatic N) is 1. The Morgan fingerprint density at radius 2 is 1.77 bits per heavy atom. The topological polar surface area (TPSA) is 44.4 Å². The van der Waals surface area contributed by atoms with E-state index in [1.165, 1.54) is 24.3 Å². The summed E-state index contributed by atoms with van der Waals surface area (Å²) in [7, 11) is 0. The van der Waals surface area contributed by atoms with Crippen LogP contribution in [0.25, 0.3) is 0 Å². The van der Waals surface area contributed by atoms with Gasteiger partial charge < -0.3 is 15.5 Å². The van der Waals surface area contributed by atoms with Crippen molar-refractivity contribution in [2.75, 3.05) is 18.4 Å². The van der Waals surface area contributed by atoms with E-state index in [1.807, 2.05) is 24.3 Å². The van der Waals surface area contributed by atoms with Crippen LogP contribution in [0.2, 0.25) is 5.02 Å². The van der Waals surface area contributed by atoms with Gasteiger partial charge in [-0.05, 0) is 61.5 Å². The van der Waals surface area contributed by atoms with Gasteiger partial charge in [-0.3, -0.25) is 4.79 Å². The largest absolute Gasteiger partial charge is 0.349 e. The number of amides is 1. The molecular weight excluding hydrogens is 373 g/mol. The van der Waals surface area contributed by atoms with Crippen LogP contribution in [0.4, 0.5) is 10.1 Å². The number of likely N-dealkylation sites (tertiary alicyclic amines) is 1. The number of benzene rings is 2. The van der Waals surface area contributed by atoms with Crippen molar-refractivity contribution in [1.82, 2.24) is 10.2 Å². The molecule has 0 aromatic heterocycles. The molecule has 0 spiro atoms. The van der Waals surface area contributed by atoms with Crippen LogP contribution in [-0.4, -0.2) is 35.1 Å². The highest BCUT2D eigenvalue weighted by molar-refractivity contribution is 7.80. The molecule has 0 saturated carbocycles. The first kappa shape index (κ1) is 18.6. The number of carbonyl (C=O) groups is 1. The normalized spacial score (nSPS) is 14.8. The second kappa shape index (κ2) is 8.47. The maximum absolute atomic E-state index is 12.9. The van der Waals surface area contributed by atoms with E-state index < -0.39 is 0 Å². The van der Waals surface area contributed by atoms with Gasteiger partial charge >= 0.3 is 0 Å². The number of hydrogen-bond donors (Lipinski definition) is 2. The SMILES string of the molecule is O=C(NC1CCN(C(=S)Nc2ccccc2Cl)CC1)c1ccc(F)cc1.